The maximum atomic E-state index is 12.6. The number of anilines is 1. The lowest BCUT2D eigenvalue weighted by atomic mass is 10.1. The van der Waals surface area contributed by atoms with E-state index >= 15 is 0 Å². The fraction of sp³-hybridized carbons (Fsp3) is 0. The largest absolute Gasteiger partial charge is 0.322 e. The van der Waals surface area contributed by atoms with Crippen molar-refractivity contribution in [2.24, 2.45) is 0 Å². The van der Waals surface area contributed by atoms with E-state index in [9.17, 15) is 4.79 Å². The Labute approximate surface area is 153 Å². The van der Waals surface area contributed by atoms with Crippen molar-refractivity contribution < 1.29 is 4.79 Å². The van der Waals surface area contributed by atoms with Gasteiger partial charge < -0.3 is 5.32 Å². The number of rotatable bonds is 3. The number of hydrogen-bond acceptors (Lipinski definition) is 2. The molecule has 3 aromatic carbocycles. The second-order valence-electron chi connectivity index (χ2n) is 5.63. The first-order valence-corrected chi connectivity index (χ1v) is 8.60. The van der Waals surface area contributed by atoms with Gasteiger partial charge in [0.05, 0.1) is 5.69 Å². The van der Waals surface area contributed by atoms with Gasteiger partial charge in [0.1, 0.15) is 0 Å². The van der Waals surface area contributed by atoms with Gasteiger partial charge >= 0.3 is 0 Å². The Morgan fingerprint density at radius 2 is 1.88 bits per heavy atom. The minimum absolute atomic E-state index is 0.150. The fourth-order valence-electron chi connectivity index (χ4n) is 2.74. The van der Waals surface area contributed by atoms with Crippen molar-refractivity contribution in [2.75, 3.05) is 5.32 Å². The zero-order chi connectivity index (χ0) is 17.2. The van der Waals surface area contributed by atoms with Crippen LogP contribution in [-0.4, -0.2) is 15.7 Å². The molecule has 1 N–H and O–H groups in total. The van der Waals surface area contributed by atoms with E-state index in [4.69, 9.17) is 0 Å². The molecule has 4 rings (SSSR count). The molecule has 0 aliphatic carbocycles. The maximum absolute atomic E-state index is 12.6. The van der Waals surface area contributed by atoms with Crippen LogP contribution in [0.15, 0.2) is 83.6 Å². The van der Waals surface area contributed by atoms with Crippen LogP contribution in [0.2, 0.25) is 0 Å². The molecule has 4 nitrogen and oxygen atoms in total. The van der Waals surface area contributed by atoms with Gasteiger partial charge in [0.15, 0.2) is 0 Å². The van der Waals surface area contributed by atoms with Gasteiger partial charge in [-0.2, -0.15) is 5.10 Å². The topological polar surface area (TPSA) is 46.9 Å². The van der Waals surface area contributed by atoms with E-state index in [0.29, 0.717) is 5.56 Å². The molecule has 0 aliphatic heterocycles. The van der Waals surface area contributed by atoms with Crippen molar-refractivity contribution in [3.05, 3.63) is 89.2 Å². The van der Waals surface area contributed by atoms with E-state index in [1.807, 2.05) is 66.9 Å². The highest BCUT2D eigenvalue weighted by molar-refractivity contribution is 9.10. The Hall–Kier alpha value is -2.92. The van der Waals surface area contributed by atoms with Gasteiger partial charge in [-0.25, -0.2) is 4.68 Å². The van der Waals surface area contributed by atoms with Gasteiger partial charge in [-0.3, -0.25) is 4.79 Å². The minimum Gasteiger partial charge on any atom is -0.322 e. The number of nitrogens with zero attached hydrogens (tertiary/aromatic N) is 2. The van der Waals surface area contributed by atoms with E-state index in [-0.39, 0.29) is 5.91 Å². The van der Waals surface area contributed by atoms with Gasteiger partial charge in [-0.15, -0.1) is 0 Å². The molecule has 122 valence electrons. The molecular formula is C20H14BrN3O. The molecular weight excluding hydrogens is 378 g/mol. The molecule has 1 aromatic heterocycles. The third-order valence-corrected chi connectivity index (χ3v) is 4.65. The van der Waals surface area contributed by atoms with E-state index < -0.39 is 0 Å². The second-order valence-corrected chi connectivity index (χ2v) is 6.49. The van der Waals surface area contributed by atoms with E-state index in [0.717, 1.165) is 26.6 Å². The molecule has 1 amide bonds. The zero-order valence-corrected chi connectivity index (χ0v) is 14.8. The van der Waals surface area contributed by atoms with E-state index in [2.05, 4.69) is 26.3 Å². The summed E-state index contributed by atoms with van der Waals surface area (Å²) in [6, 6.07) is 21.1. The first kappa shape index (κ1) is 15.6. The molecule has 0 spiro atoms. The SMILES string of the molecule is O=C(Nc1ccc2c(Br)cccc2c1)c1cccc(-n2cccn2)c1. The lowest BCUT2D eigenvalue weighted by molar-refractivity contribution is 0.102. The monoisotopic (exact) mass is 391 g/mol. The normalized spacial score (nSPS) is 10.8. The number of aromatic nitrogens is 2. The van der Waals surface area contributed by atoms with Crippen molar-refractivity contribution in [1.82, 2.24) is 9.78 Å². The number of carbonyl (C=O) groups excluding carboxylic acids is 1. The van der Waals surface area contributed by atoms with Crippen LogP contribution in [0.25, 0.3) is 16.5 Å². The van der Waals surface area contributed by atoms with Crippen LogP contribution in [-0.2, 0) is 0 Å². The highest BCUT2D eigenvalue weighted by atomic mass is 79.9. The maximum Gasteiger partial charge on any atom is 0.255 e. The van der Waals surface area contributed by atoms with Gasteiger partial charge in [0.25, 0.3) is 5.91 Å². The third-order valence-electron chi connectivity index (χ3n) is 3.96. The molecule has 5 heteroatoms. The molecule has 0 bridgehead atoms. The Morgan fingerprint density at radius 1 is 1.00 bits per heavy atom. The molecule has 0 atom stereocenters. The number of halogens is 1. The van der Waals surface area contributed by atoms with Gasteiger partial charge in [-0.05, 0) is 53.2 Å². The number of carbonyl (C=O) groups is 1. The number of hydrogen-bond donors (Lipinski definition) is 1. The smallest absolute Gasteiger partial charge is 0.255 e. The average Bonchev–Trinajstić information content (AvgIpc) is 3.17. The summed E-state index contributed by atoms with van der Waals surface area (Å²) in [6.07, 6.45) is 3.55. The molecule has 0 unspecified atom stereocenters. The highest BCUT2D eigenvalue weighted by Crippen LogP contribution is 2.26. The lowest BCUT2D eigenvalue weighted by Crippen LogP contribution is -2.12. The summed E-state index contributed by atoms with van der Waals surface area (Å²) in [5.74, 6) is -0.150. The molecule has 25 heavy (non-hydrogen) atoms. The van der Waals surface area contributed by atoms with E-state index in [1.54, 1.807) is 16.9 Å². The summed E-state index contributed by atoms with van der Waals surface area (Å²) in [5.41, 5.74) is 2.20. The number of fused-ring (bicyclic) bond motifs is 1. The van der Waals surface area contributed by atoms with Crippen LogP contribution in [0.5, 0.6) is 0 Å². The summed E-state index contributed by atoms with van der Waals surface area (Å²) in [6.45, 7) is 0. The van der Waals surface area contributed by atoms with Crippen molar-refractivity contribution in [3.8, 4) is 5.69 Å². The van der Waals surface area contributed by atoms with Gasteiger partial charge in [0.2, 0.25) is 0 Å². The summed E-state index contributed by atoms with van der Waals surface area (Å²) < 4.78 is 2.76. The summed E-state index contributed by atoms with van der Waals surface area (Å²) in [4.78, 5) is 12.6. The fourth-order valence-corrected chi connectivity index (χ4v) is 3.25. The Bertz CT molecular complexity index is 1060. The minimum atomic E-state index is -0.150. The predicted octanol–water partition coefficient (Wildman–Crippen LogP) is 5.04. The molecule has 0 fully saturated rings. The second kappa shape index (κ2) is 6.53. The van der Waals surface area contributed by atoms with Crippen molar-refractivity contribution in [3.63, 3.8) is 0 Å². The molecule has 0 saturated carbocycles. The van der Waals surface area contributed by atoms with Crippen LogP contribution in [0.4, 0.5) is 5.69 Å². The Balaban J connectivity index is 1.61. The number of benzene rings is 3. The Morgan fingerprint density at radius 3 is 2.72 bits per heavy atom. The molecule has 1 heterocycles. The zero-order valence-electron chi connectivity index (χ0n) is 13.2. The van der Waals surface area contributed by atoms with Crippen LogP contribution >= 0.6 is 15.9 Å². The Kier molecular flexibility index (Phi) is 4.07. The summed E-state index contributed by atoms with van der Waals surface area (Å²) in [5, 5.41) is 9.33. The molecule has 0 radical (unpaired) electrons. The molecule has 0 aliphatic rings. The number of amides is 1. The summed E-state index contributed by atoms with van der Waals surface area (Å²) >= 11 is 3.54. The first-order valence-electron chi connectivity index (χ1n) is 7.80. The predicted molar refractivity (Wildman–Crippen MR) is 103 cm³/mol. The molecule has 0 saturated heterocycles. The van der Waals surface area contributed by atoms with Crippen molar-refractivity contribution in [1.29, 1.82) is 0 Å². The lowest BCUT2D eigenvalue weighted by Gasteiger charge is -2.09. The van der Waals surface area contributed by atoms with Crippen LogP contribution in [0.1, 0.15) is 10.4 Å². The standard InChI is InChI=1S/C20H14BrN3O/c21-19-7-2-4-14-12-16(8-9-18(14)19)23-20(25)15-5-1-6-17(13-15)24-11-3-10-22-24/h1-13H,(H,23,25). The highest BCUT2D eigenvalue weighted by Gasteiger charge is 2.08. The average molecular weight is 392 g/mol. The number of nitrogens with one attached hydrogen (secondary N) is 1. The van der Waals surface area contributed by atoms with Crippen LogP contribution in [0.3, 0.4) is 0 Å². The first-order chi connectivity index (χ1) is 12.2. The summed E-state index contributed by atoms with van der Waals surface area (Å²) in [7, 11) is 0. The van der Waals surface area contributed by atoms with Gasteiger partial charge in [-0.1, -0.05) is 40.2 Å². The van der Waals surface area contributed by atoms with Crippen molar-refractivity contribution >= 4 is 38.3 Å². The van der Waals surface area contributed by atoms with Gasteiger partial charge in [0, 0.05) is 28.1 Å². The van der Waals surface area contributed by atoms with Crippen LogP contribution in [0, 0.1) is 0 Å². The molecule has 4 aromatic rings. The van der Waals surface area contributed by atoms with Crippen LogP contribution < -0.4 is 5.32 Å². The van der Waals surface area contributed by atoms with Crippen molar-refractivity contribution in [2.45, 2.75) is 0 Å². The quantitative estimate of drug-likeness (QED) is 0.531. The third kappa shape index (κ3) is 3.19. The van der Waals surface area contributed by atoms with E-state index in [1.165, 1.54) is 0 Å².